The van der Waals surface area contributed by atoms with Gasteiger partial charge in [-0.15, -0.1) is 0 Å². The van der Waals surface area contributed by atoms with Crippen LogP contribution in [0.15, 0.2) is 12.1 Å². The minimum atomic E-state index is 0.470. The summed E-state index contributed by atoms with van der Waals surface area (Å²) in [4.78, 5) is 2.48. The van der Waals surface area contributed by atoms with Crippen LogP contribution in [-0.4, -0.2) is 37.7 Å². The molecular weight excluding hydrogens is 264 g/mol. The van der Waals surface area contributed by atoms with Gasteiger partial charge >= 0.3 is 0 Å². The molecular formula is C17H30N2O2. The second kappa shape index (κ2) is 8.25. The highest BCUT2D eigenvalue weighted by Gasteiger charge is 2.15. The normalized spacial score (nSPS) is 11.5. The topological polar surface area (TPSA) is 47.7 Å². The van der Waals surface area contributed by atoms with Gasteiger partial charge in [0, 0.05) is 36.8 Å². The molecule has 0 aliphatic heterocycles. The smallest absolute Gasteiger partial charge is 0.127 e. The lowest BCUT2D eigenvalue weighted by atomic mass is 10.0. The first kappa shape index (κ1) is 17.8. The lowest BCUT2D eigenvalue weighted by Gasteiger charge is -2.30. The number of ether oxygens (including phenoxy) is 2. The molecule has 0 aromatic heterocycles. The van der Waals surface area contributed by atoms with E-state index in [0.29, 0.717) is 18.6 Å². The van der Waals surface area contributed by atoms with Gasteiger partial charge in [-0.3, -0.25) is 4.90 Å². The van der Waals surface area contributed by atoms with E-state index in [2.05, 4.69) is 38.7 Å². The van der Waals surface area contributed by atoms with Gasteiger partial charge in [0.25, 0.3) is 0 Å². The minimum Gasteiger partial charge on any atom is -0.496 e. The predicted molar refractivity (Wildman–Crippen MR) is 88.1 cm³/mol. The molecule has 2 N–H and O–H groups in total. The summed E-state index contributed by atoms with van der Waals surface area (Å²) in [7, 11) is 3.36. The molecule has 0 bridgehead atoms. The SMILES string of the molecule is COc1cc(OC)c(CCN(C(C)C)C(C)C)cc1CN. The number of rotatable bonds is 8. The van der Waals surface area contributed by atoms with Crippen LogP contribution in [0.5, 0.6) is 11.5 Å². The molecule has 0 fully saturated rings. The van der Waals surface area contributed by atoms with E-state index in [0.717, 1.165) is 30.0 Å². The number of benzene rings is 1. The molecule has 21 heavy (non-hydrogen) atoms. The average molecular weight is 294 g/mol. The van der Waals surface area contributed by atoms with Gasteiger partial charge < -0.3 is 15.2 Å². The fraction of sp³-hybridized carbons (Fsp3) is 0.647. The van der Waals surface area contributed by atoms with Gasteiger partial charge in [-0.25, -0.2) is 0 Å². The summed E-state index contributed by atoms with van der Waals surface area (Å²) in [5, 5.41) is 0. The second-order valence-corrected chi connectivity index (χ2v) is 5.86. The van der Waals surface area contributed by atoms with Crippen molar-refractivity contribution in [3.05, 3.63) is 23.3 Å². The first-order valence-corrected chi connectivity index (χ1v) is 7.64. The molecule has 0 spiro atoms. The van der Waals surface area contributed by atoms with Crippen LogP contribution in [0.25, 0.3) is 0 Å². The van der Waals surface area contributed by atoms with Gasteiger partial charge in [-0.2, -0.15) is 0 Å². The molecule has 0 heterocycles. The maximum absolute atomic E-state index is 5.81. The van der Waals surface area contributed by atoms with Crippen LogP contribution < -0.4 is 15.2 Å². The van der Waals surface area contributed by atoms with Crippen molar-refractivity contribution < 1.29 is 9.47 Å². The Morgan fingerprint density at radius 3 is 1.90 bits per heavy atom. The van der Waals surface area contributed by atoms with Gasteiger partial charge in [0.1, 0.15) is 11.5 Å². The Morgan fingerprint density at radius 2 is 1.48 bits per heavy atom. The van der Waals surface area contributed by atoms with Crippen molar-refractivity contribution in [2.24, 2.45) is 5.73 Å². The first-order chi connectivity index (χ1) is 9.94. The molecule has 0 amide bonds. The molecule has 1 aromatic rings. The highest BCUT2D eigenvalue weighted by Crippen LogP contribution is 2.29. The molecule has 0 unspecified atom stereocenters. The molecule has 4 heteroatoms. The Bertz CT molecular complexity index is 437. The number of hydrogen-bond acceptors (Lipinski definition) is 4. The summed E-state index contributed by atoms with van der Waals surface area (Å²) in [6, 6.07) is 5.11. The van der Waals surface area contributed by atoms with Crippen molar-refractivity contribution in [1.29, 1.82) is 0 Å². The van der Waals surface area contributed by atoms with E-state index in [-0.39, 0.29) is 0 Å². The number of nitrogens with zero attached hydrogens (tertiary/aromatic N) is 1. The van der Waals surface area contributed by atoms with E-state index < -0.39 is 0 Å². The van der Waals surface area contributed by atoms with E-state index in [1.165, 1.54) is 5.56 Å². The Morgan fingerprint density at radius 1 is 0.952 bits per heavy atom. The Kier molecular flexibility index (Phi) is 6.99. The number of nitrogens with two attached hydrogens (primary N) is 1. The van der Waals surface area contributed by atoms with E-state index in [1.807, 2.05) is 6.07 Å². The Balaban J connectivity index is 2.96. The molecule has 1 aromatic carbocycles. The van der Waals surface area contributed by atoms with Crippen molar-refractivity contribution in [3.63, 3.8) is 0 Å². The number of hydrogen-bond donors (Lipinski definition) is 1. The minimum absolute atomic E-state index is 0.470. The van der Waals surface area contributed by atoms with Crippen LogP contribution >= 0.6 is 0 Å². The fourth-order valence-electron chi connectivity index (χ4n) is 2.75. The maximum atomic E-state index is 5.81. The summed E-state index contributed by atoms with van der Waals surface area (Å²) in [5.41, 5.74) is 8.02. The highest BCUT2D eigenvalue weighted by atomic mass is 16.5. The molecule has 0 saturated carbocycles. The molecule has 0 atom stereocenters. The van der Waals surface area contributed by atoms with Gasteiger partial charge in [0.15, 0.2) is 0 Å². The molecule has 1 rings (SSSR count). The molecule has 4 nitrogen and oxygen atoms in total. The van der Waals surface area contributed by atoms with Gasteiger partial charge in [0.05, 0.1) is 14.2 Å². The predicted octanol–water partition coefficient (Wildman–Crippen LogP) is 2.82. The zero-order valence-electron chi connectivity index (χ0n) is 14.3. The van der Waals surface area contributed by atoms with E-state index in [1.54, 1.807) is 14.2 Å². The van der Waals surface area contributed by atoms with E-state index >= 15 is 0 Å². The van der Waals surface area contributed by atoms with Crippen LogP contribution in [0.4, 0.5) is 0 Å². The van der Waals surface area contributed by atoms with Gasteiger partial charge in [-0.05, 0) is 45.7 Å². The zero-order chi connectivity index (χ0) is 16.0. The first-order valence-electron chi connectivity index (χ1n) is 7.64. The van der Waals surface area contributed by atoms with Crippen LogP contribution in [-0.2, 0) is 13.0 Å². The molecule has 0 saturated heterocycles. The largest absolute Gasteiger partial charge is 0.496 e. The van der Waals surface area contributed by atoms with Gasteiger partial charge in [0.2, 0.25) is 0 Å². The van der Waals surface area contributed by atoms with Crippen LogP contribution in [0.1, 0.15) is 38.8 Å². The Hall–Kier alpha value is -1.26. The third-order valence-corrected chi connectivity index (χ3v) is 3.87. The molecule has 120 valence electrons. The standard InChI is InChI=1S/C17H30N2O2/c1-12(2)19(13(3)4)8-7-14-9-15(11-18)17(21-6)10-16(14)20-5/h9-10,12-13H,7-8,11,18H2,1-6H3. The summed E-state index contributed by atoms with van der Waals surface area (Å²) in [6.45, 7) is 10.4. The summed E-state index contributed by atoms with van der Waals surface area (Å²) < 4.78 is 10.9. The summed E-state index contributed by atoms with van der Waals surface area (Å²) in [6.07, 6.45) is 0.941. The fourth-order valence-corrected chi connectivity index (χ4v) is 2.75. The highest BCUT2D eigenvalue weighted by molar-refractivity contribution is 5.46. The molecule has 0 aliphatic rings. The van der Waals surface area contributed by atoms with E-state index in [9.17, 15) is 0 Å². The molecule has 0 radical (unpaired) electrons. The third kappa shape index (κ3) is 4.61. The summed E-state index contributed by atoms with van der Waals surface area (Å²) in [5.74, 6) is 1.67. The third-order valence-electron chi connectivity index (χ3n) is 3.87. The molecule has 0 aliphatic carbocycles. The van der Waals surface area contributed by atoms with Crippen LogP contribution in [0.3, 0.4) is 0 Å². The second-order valence-electron chi connectivity index (χ2n) is 5.86. The van der Waals surface area contributed by atoms with Crippen molar-refractivity contribution in [2.75, 3.05) is 20.8 Å². The lowest BCUT2D eigenvalue weighted by Crippen LogP contribution is -2.38. The monoisotopic (exact) mass is 294 g/mol. The van der Waals surface area contributed by atoms with Crippen molar-refractivity contribution in [1.82, 2.24) is 4.90 Å². The van der Waals surface area contributed by atoms with Crippen molar-refractivity contribution in [3.8, 4) is 11.5 Å². The summed E-state index contributed by atoms with van der Waals surface area (Å²) >= 11 is 0. The average Bonchev–Trinajstić information content (AvgIpc) is 2.45. The van der Waals surface area contributed by atoms with Crippen LogP contribution in [0.2, 0.25) is 0 Å². The quantitative estimate of drug-likeness (QED) is 0.801. The van der Waals surface area contributed by atoms with E-state index in [4.69, 9.17) is 15.2 Å². The van der Waals surface area contributed by atoms with Crippen molar-refractivity contribution in [2.45, 2.75) is 52.7 Å². The van der Waals surface area contributed by atoms with Crippen molar-refractivity contribution >= 4 is 0 Å². The Labute approximate surface area is 129 Å². The maximum Gasteiger partial charge on any atom is 0.127 e. The number of methoxy groups -OCH3 is 2. The van der Waals surface area contributed by atoms with Gasteiger partial charge in [-0.1, -0.05) is 0 Å². The zero-order valence-corrected chi connectivity index (χ0v) is 14.3. The lowest BCUT2D eigenvalue weighted by molar-refractivity contribution is 0.177. The van der Waals surface area contributed by atoms with Crippen LogP contribution in [0, 0.1) is 0 Å².